The zero-order chi connectivity index (χ0) is 15.7. The first-order valence-electron chi connectivity index (χ1n) is 6.61. The van der Waals surface area contributed by atoms with Crippen LogP contribution in [-0.4, -0.2) is 19.3 Å². The van der Waals surface area contributed by atoms with Crippen LogP contribution in [0.5, 0.6) is 17.2 Å². The van der Waals surface area contributed by atoms with Crippen molar-refractivity contribution in [2.24, 2.45) is 0 Å². The van der Waals surface area contributed by atoms with Crippen molar-refractivity contribution >= 4 is 11.0 Å². The standard InChI is InChI=1S/C17H14O5/c1-20-12-7-15(21-2)17-13(19)9-14(22-16(17)8-12)10-3-5-11(18)6-4-10/h3-9,18H,1-2H3. The van der Waals surface area contributed by atoms with Gasteiger partial charge in [-0.15, -0.1) is 0 Å². The Morgan fingerprint density at radius 3 is 2.36 bits per heavy atom. The van der Waals surface area contributed by atoms with Crippen molar-refractivity contribution in [1.29, 1.82) is 0 Å². The number of methoxy groups -OCH3 is 2. The van der Waals surface area contributed by atoms with Crippen LogP contribution < -0.4 is 14.9 Å². The van der Waals surface area contributed by atoms with Crippen LogP contribution in [0.15, 0.2) is 51.7 Å². The van der Waals surface area contributed by atoms with Crippen LogP contribution in [0.4, 0.5) is 0 Å². The van der Waals surface area contributed by atoms with Gasteiger partial charge in [-0.25, -0.2) is 0 Å². The number of fused-ring (bicyclic) bond motifs is 1. The summed E-state index contributed by atoms with van der Waals surface area (Å²) in [7, 11) is 3.02. The summed E-state index contributed by atoms with van der Waals surface area (Å²) in [5, 5.41) is 9.71. The number of hydrogen-bond acceptors (Lipinski definition) is 5. The quantitative estimate of drug-likeness (QED) is 0.804. The van der Waals surface area contributed by atoms with Gasteiger partial charge in [0.25, 0.3) is 0 Å². The Morgan fingerprint density at radius 2 is 1.73 bits per heavy atom. The lowest BCUT2D eigenvalue weighted by molar-refractivity contribution is 0.396. The summed E-state index contributed by atoms with van der Waals surface area (Å²) >= 11 is 0. The third-order valence-electron chi connectivity index (χ3n) is 3.38. The largest absolute Gasteiger partial charge is 0.508 e. The van der Waals surface area contributed by atoms with Crippen molar-refractivity contribution < 1.29 is 19.0 Å². The molecule has 1 aromatic heterocycles. The van der Waals surface area contributed by atoms with Gasteiger partial charge in [0.2, 0.25) is 0 Å². The zero-order valence-electron chi connectivity index (χ0n) is 12.1. The highest BCUT2D eigenvalue weighted by atomic mass is 16.5. The minimum atomic E-state index is -0.205. The normalized spacial score (nSPS) is 10.6. The Hall–Kier alpha value is -2.95. The van der Waals surface area contributed by atoms with Crippen LogP contribution in [0.2, 0.25) is 0 Å². The summed E-state index contributed by atoms with van der Waals surface area (Å²) < 4.78 is 16.2. The van der Waals surface area contributed by atoms with Gasteiger partial charge in [-0.1, -0.05) is 0 Å². The number of rotatable bonds is 3. The van der Waals surface area contributed by atoms with Gasteiger partial charge in [0, 0.05) is 23.8 Å². The Balaban J connectivity index is 2.27. The van der Waals surface area contributed by atoms with E-state index in [4.69, 9.17) is 13.9 Å². The molecule has 5 heteroatoms. The third-order valence-corrected chi connectivity index (χ3v) is 3.38. The number of phenols is 1. The summed E-state index contributed by atoms with van der Waals surface area (Å²) in [5.41, 5.74) is 0.870. The van der Waals surface area contributed by atoms with E-state index in [-0.39, 0.29) is 11.2 Å². The van der Waals surface area contributed by atoms with E-state index in [1.807, 2.05) is 0 Å². The topological polar surface area (TPSA) is 68.9 Å². The van der Waals surface area contributed by atoms with Crippen LogP contribution in [-0.2, 0) is 0 Å². The third kappa shape index (κ3) is 2.37. The molecule has 2 aromatic carbocycles. The van der Waals surface area contributed by atoms with Gasteiger partial charge in [0.15, 0.2) is 5.43 Å². The first kappa shape index (κ1) is 14.0. The summed E-state index contributed by atoms with van der Waals surface area (Å²) in [4.78, 5) is 12.4. The molecule has 22 heavy (non-hydrogen) atoms. The summed E-state index contributed by atoms with van der Waals surface area (Å²) in [6, 6.07) is 11.1. The summed E-state index contributed by atoms with van der Waals surface area (Å²) in [6.45, 7) is 0. The molecular formula is C17H14O5. The molecule has 0 amide bonds. The van der Waals surface area contributed by atoms with E-state index >= 15 is 0 Å². The fraction of sp³-hybridized carbons (Fsp3) is 0.118. The van der Waals surface area contributed by atoms with Crippen LogP contribution in [0.1, 0.15) is 0 Å². The molecule has 0 fully saturated rings. The van der Waals surface area contributed by atoms with Crippen molar-refractivity contribution in [3.8, 4) is 28.6 Å². The van der Waals surface area contributed by atoms with Crippen molar-refractivity contribution in [3.05, 3.63) is 52.7 Å². The Labute approximate surface area is 126 Å². The number of ether oxygens (including phenoxy) is 2. The van der Waals surface area contributed by atoms with Gasteiger partial charge < -0.3 is 19.0 Å². The van der Waals surface area contributed by atoms with E-state index in [1.165, 1.54) is 32.4 Å². The minimum Gasteiger partial charge on any atom is -0.508 e. The molecule has 1 N–H and O–H groups in total. The zero-order valence-corrected chi connectivity index (χ0v) is 12.1. The summed E-state index contributed by atoms with van der Waals surface area (Å²) in [6.07, 6.45) is 0. The molecule has 5 nitrogen and oxygen atoms in total. The van der Waals surface area contributed by atoms with E-state index in [9.17, 15) is 9.90 Å². The van der Waals surface area contributed by atoms with Gasteiger partial charge in [-0.3, -0.25) is 4.79 Å². The fourth-order valence-corrected chi connectivity index (χ4v) is 2.28. The van der Waals surface area contributed by atoms with Crippen molar-refractivity contribution in [2.45, 2.75) is 0 Å². The molecule has 0 bridgehead atoms. The lowest BCUT2D eigenvalue weighted by Gasteiger charge is -2.09. The van der Waals surface area contributed by atoms with Crippen molar-refractivity contribution in [2.75, 3.05) is 14.2 Å². The van der Waals surface area contributed by atoms with Crippen molar-refractivity contribution in [1.82, 2.24) is 0 Å². The molecule has 3 aromatic rings. The predicted octanol–water partition coefficient (Wildman–Crippen LogP) is 3.18. The maximum Gasteiger partial charge on any atom is 0.197 e. The second-order valence-electron chi connectivity index (χ2n) is 4.72. The lowest BCUT2D eigenvalue weighted by atomic mass is 10.1. The molecule has 1 heterocycles. The van der Waals surface area contributed by atoms with Crippen LogP contribution in [0.3, 0.4) is 0 Å². The highest BCUT2D eigenvalue weighted by Crippen LogP contribution is 2.31. The summed E-state index contributed by atoms with van der Waals surface area (Å²) in [5.74, 6) is 1.50. The second-order valence-corrected chi connectivity index (χ2v) is 4.72. The molecule has 0 atom stereocenters. The Morgan fingerprint density at radius 1 is 1.00 bits per heavy atom. The molecule has 0 unspecified atom stereocenters. The van der Waals surface area contributed by atoms with E-state index in [2.05, 4.69) is 0 Å². The van der Waals surface area contributed by atoms with Gasteiger partial charge in [0.05, 0.1) is 14.2 Å². The van der Waals surface area contributed by atoms with E-state index in [1.54, 1.807) is 24.3 Å². The molecule has 0 saturated heterocycles. The van der Waals surface area contributed by atoms with E-state index in [0.29, 0.717) is 33.8 Å². The number of aromatic hydroxyl groups is 1. The van der Waals surface area contributed by atoms with Gasteiger partial charge in [-0.05, 0) is 24.3 Å². The van der Waals surface area contributed by atoms with Crippen molar-refractivity contribution in [3.63, 3.8) is 0 Å². The number of benzene rings is 2. The Bertz CT molecular complexity index is 878. The van der Waals surface area contributed by atoms with Gasteiger partial charge in [-0.2, -0.15) is 0 Å². The monoisotopic (exact) mass is 298 g/mol. The molecule has 0 aliphatic carbocycles. The first-order valence-corrected chi connectivity index (χ1v) is 6.61. The second kappa shape index (κ2) is 5.44. The average molecular weight is 298 g/mol. The molecule has 0 aliphatic rings. The lowest BCUT2D eigenvalue weighted by Crippen LogP contribution is -2.03. The van der Waals surface area contributed by atoms with Crippen LogP contribution >= 0.6 is 0 Å². The molecule has 0 saturated carbocycles. The number of hydrogen-bond donors (Lipinski definition) is 1. The van der Waals surface area contributed by atoms with E-state index in [0.717, 1.165) is 0 Å². The highest BCUT2D eigenvalue weighted by Gasteiger charge is 2.13. The van der Waals surface area contributed by atoms with Crippen LogP contribution in [0, 0.1) is 0 Å². The maximum absolute atomic E-state index is 12.4. The van der Waals surface area contributed by atoms with Crippen LogP contribution in [0.25, 0.3) is 22.3 Å². The SMILES string of the molecule is COc1cc(OC)c2c(=O)cc(-c3ccc(O)cc3)oc2c1. The molecule has 112 valence electrons. The minimum absolute atomic E-state index is 0.148. The maximum atomic E-state index is 12.4. The van der Waals surface area contributed by atoms with Gasteiger partial charge >= 0.3 is 0 Å². The molecular weight excluding hydrogens is 284 g/mol. The predicted molar refractivity (Wildman–Crippen MR) is 82.7 cm³/mol. The average Bonchev–Trinajstić information content (AvgIpc) is 2.54. The smallest absolute Gasteiger partial charge is 0.197 e. The molecule has 3 rings (SSSR count). The Kier molecular flexibility index (Phi) is 3.47. The highest BCUT2D eigenvalue weighted by molar-refractivity contribution is 5.86. The fourth-order valence-electron chi connectivity index (χ4n) is 2.28. The molecule has 0 aliphatic heterocycles. The molecule has 0 radical (unpaired) electrons. The number of phenolic OH excluding ortho intramolecular Hbond substituents is 1. The van der Waals surface area contributed by atoms with Gasteiger partial charge in [0.1, 0.15) is 34.0 Å². The van der Waals surface area contributed by atoms with E-state index < -0.39 is 0 Å². The first-order chi connectivity index (χ1) is 10.6. The molecule has 0 spiro atoms.